The summed E-state index contributed by atoms with van der Waals surface area (Å²) in [6, 6.07) is 9.14. The van der Waals surface area contributed by atoms with Gasteiger partial charge in [-0.2, -0.15) is 5.10 Å². The molecule has 0 saturated heterocycles. The Labute approximate surface area is 151 Å². The summed E-state index contributed by atoms with van der Waals surface area (Å²) < 4.78 is 0. The smallest absolute Gasteiger partial charge is 0.319 e. The molecule has 0 spiro atoms. The largest absolute Gasteiger partial charge is 0.393 e. The lowest BCUT2D eigenvalue weighted by molar-refractivity contribution is 0.0864. The van der Waals surface area contributed by atoms with Gasteiger partial charge in [0, 0.05) is 18.8 Å². The molecule has 3 rings (SSSR count). The number of benzene rings is 1. The summed E-state index contributed by atoms with van der Waals surface area (Å²) >= 11 is 0. The van der Waals surface area contributed by atoms with Gasteiger partial charge in [-0.3, -0.25) is 9.89 Å². The number of hydrogen-bond donors (Lipinski definition) is 5. The molecule has 0 atom stereocenters. The van der Waals surface area contributed by atoms with E-state index in [1.165, 1.54) is 6.20 Å². The zero-order valence-corrected chi connectivity index (χ0v) is 14.4. The maximum absolute atomic E-state index is 12.4. The number of aliphatic hydroxyl groups is 1. The zero-order chi connectivity index (χ0) is 18.4. The number of aliphatic hydroxyl groups excluding tert-OH is 1. The van der Waals surface area contributed by atoms with Gasteiger partial charge in [0.25, 0.3) is 5.91 Å². The highest BCUT2D eigenvalue weighted by atomic mass is 16.3. The monoisotopic (exact) mass is 357 g/mol. The van der Waals surface area contributed by atoms with Crippen molar-refractivity contribution in [2.24, 2.45) is 0 Å². The van der Waals surface area contributed by atoms with Gasteiger partial charge in [-0.1, -0.05) is 30.3 Å². The lowest BCUT2D eigenvalue weighted by atomic mass is 9.93. The van der Waals surface area contributed by atoms with E-state index in [9.17, 15) is 14.7 Å². The first kappa shape index (κ1) is 17.9. The van der Waals surface area contributed by atoms with Crippen LogP contribution in [0.25, 0.3) is 0 Å². The summed E-state index contributed by atoms with van der Waals surface area (Å²) in [7, 11) is 0. The molecule has 0 bridgehead atoms. The number of carbonyl (C=O) groups is 2. The molecule has 1 aromatic carbocycles. The Hall–Kier alpha value is -2.87. The third kappa shape index (κ3) is 4.82. The van der Waals surface area contributed by atoms with E-state index in [0.29, 0.717) is 25.1 Å². The number of hydrogen-bond acceptors (Lipinski definition) is 4. The van der Waals surface area contributed by atoms with Crippen molar-refractivity contribution in [2.45, 2.75) is 44.4 Å². The molecule has 138 valence electrons. The van der Waals surface area contributed by atoms with Gasteiger partial charge < -0.3 is 21.1 Å². The molecule has 0 aliphatic heterocycles. The molecule has 1 aromatic heterocycles. The lowest BCUT2D eigenvalue weighted by Crippen LogP contribution is -2.39. The molecular weight excluding hydrogens is 334 g/mol. The Bertz CT molecular complexity index is 738. The fourth-order valence-corrected chi connectivity index (χ4v) is 2.98. The number of nitrogens with one attached hydrogen (secondary N) is 4. The first-order valence-electron chi connectivity index (χ1n) is 8.73. The highest BCUT2D eigenvalue weighted by Gasteiger charge is 2.23. The molecule has 8 nitrogen and oxygen atoms in total. The second-order valence-corrected chi connectivity index (χ2v) is 6.42. The van der Waals surface area contributed by atoms with Crippen LogP contribution in [0.1, 0.15) is 41.7 Å². The first-order valence-corrected chi connectivity index (χ1v) is 8.73. The zero-order valence-electron chi connectivity index (χ0n) is 14.4. The van der Waals surface area contributed by atoms with Crippen LogP contribution in [0.3, 0.4) is 0 Å². The van der Waals surface area contributed by atoms with Crippen LogP contribution in [-0.2, 0) is 6.54 Å². The first-order chi connectivity index (χ1) is 12.6. The minimum atomic E-state index is -0.412. The van der Waals surface area contributed by atoms with Crippen molar-refractivity contribution in [1.29, 1.82) is 0 Å². The van der Waals surface area contributed by atoms with Crippen LogP contribution >= 0.6 is 0 Å². The number of anilines is 1. The van der Waals surface area contributed by atoms with Crippen molar-refractivity contribution >= 4 is 17.6 Å². The number of amides is 3. The number of urea groups is 1. The fraction of sp³-hybridized carbons (Fsp3) is 0.389. The van der Waals surface area contributed by atoms with Crippen molar-refractivity contribution in [1.82, 2.24) is 20.8 Å². The van der Waals surface area contributed by atoms with Gasteiger partial charge >= 0.3 is 6.03 Å². The summed E-state index contributed by atoms with van der Waals surface area (Å²) in [4.78, 5) is 24.5. The number of aromatic nitrogens is 2. The molecule has 1 heterocycles. The quantitative estimate of drug-likeness (QED) is 0.560. The van der Waals surface area contributed by atoms with E-state index in [2.05, 4.69) is 26.1 Å². The van der Waals surface area contributed by atoms with E-state index in [1.807, 2.05) is 30.3 Å². The van der Waals surface area contributed by atoms with Gasteiger partial charge in [0.1, 0.15) is 0 Å². The Morgan fingerprint density at radius 1 is 1.15 bits per heavy atom. The maximum Gasteiger partial charge on any atom is 0.319 e. The standard InChI is InChI=1S/C18H23N5O3/c24-14-8-6-13(7-9-14)21-17(25)16-15(11-20-23-16)22-18(26)19-10-12-4-2-1-3-5-12/h1-5,11,13-14,24H,6-10H2,(H,20,23)(H,21,25)(H2,19,22,26)/t13-,14-. The molecule has 0 radical (unpaired) electrons. The van der Waals surface area contributed by atoms with Crippen molar-refractivity contribution in [2.75, 3.05) is 5.32 Å². The summed E-state index contributed by atoms with van der Waals surface area (Å²) in [5, 5.41) is 24.4. The second-order valence-electron chi connectivity index (χ2n) is 6.42. The Morgan fingerprint density at radius 3 is 2.62 bits per heavy atom. The van der Waals surface area contributed by atoms with Crippen LogP contribution in [0.2, 0.25) is 0 Å². The molecule has 1 saturated carbocycles. The molecule has 0 unspecified atom stereocenters. The van der Waals surface area contributed by atoms with Gasteiger partial charge in [0.2, 0.25) is 0 Å². The minimum Gasteiger partial charge on any atom is -0.393 e. The lowest BCUT2D eigenvalue weighted by Gasteiger charge is -2.25. The van der Waals surface area contributed by atoms with Gasteiger partial charge in [-0.15, -0.1) is 0 Å². The molecule has 1 aliphatic carbocycles. The molecule has 2 aromatic rings. The van der Waals surface area contributed by atoms with Crippen molar-refractivity contribution in [3.8, 4) is 0 Å². The fourth-order valence-electron chi connectivity index (χ4n) is 2.98. The van der Waals surface area contributed by atoms with E-state index < -0.39 is 6.03 Å². The summed E-state index contributed by atoms with van der Waals surface area (Å²) in [6.07, 6.45) is 4.02. The van der Waals surface area contributed by atoms with E-state index in [0.717, 1.165) is 18.4 Å². The molecule has 8 heteroatoms. The van der Waals surface area contributed by atoms with Crippen LogP contribution in [0.5, 0.6) is 0 Å². The molecular formula is C18H23N5O3. The third-order valence-corrected chi connectivity index (χ3v) is 4.43. The molecule has 3 amide bonds. The highest BCUT2D eigenvalue weighted by molar-refractivity contribution is 6.01. The Kier molecular flexibility index (Phi) is 5.85. The van der Waals surface area contributed by atoms with Gasteiger partial charge in [0.15, 0.2) is 5.69 Å². The summed E-state index contributed by atoms with van der Waals surface area (Å²) in [5.74, 6) is -0.342. The number of rotatable bonds is 5. The topological polar surface area (TPSA) is 119 Å². The third-order valence-electron chi connectivity index (χ3n) is 4.43. The summed E-state index contributed by atoms with van der Waals surface area (Å²) in [6.45, 7) is 0.385. The van der Waals surface area contributed by atoms with E-state index in [1.54, 1.807) is 0 Å². The Balaban J connectivity index is 1.52. The van der Waals surface area contributed by atoms with Gasteiger partial charge in [0.05, 0.1) is 11.8 Å². The van der Waals surface area contributed by atoms with Crippen LogP contribution < -0.4 is 16.0 Å². The molecule has 26 heavy (non-hydrogen) atoms. The van der Waals surface area contributed by atoms with Gasteiger partial charge in [-0.05, 0) is 31.2 Å². The van der Waals surface area contributed by atoms with Crippen LogP contribution in [-0.4, -0.2) is 39.4 Å². The van der Waals surface area contributed by atoms with Crippen LogP contribution in [0.15, 0.2) is 36.5 Å². The van der Waals surface area contributed by atoms with Crippen molar-refractivity contribution in [3.63, 3.8) is 0 Å². The molecule has 1 aliphatic rings. The van der Waals surface area contributed by atoms with Gasteiger partial charge in [-0.25, -0.2) is 4.79 Å². The average molecular weight is 357 g/mol. The normalized spacial score (nSPS) is 19.6. The highest BCUT2D eigenvalue weighted by Crippen LogP contribution is 2.19. The predicted molar refractivity (Wildman–Crippen MR) is 96.6 cm³/mol. The average Bonchev–Trinajstić information content (AvgIpc) is 3.11. The number of carbonyl (C=O) groups excluding carboxylic acids is 2. The minimum absolute atomic E-state index is 0.0161. The SMILES string of the molecule is O=C(NCc1ccccc1)Nc1c[nH]nc1C(=O)N[C@H]1CC[C@H](O)CC1. The predicted octanol–water partition coefficient (Wildman–Crippen LogP) is 1.76. The van der Waals surface area contributed by atoms with Crippen LogP contribution in [0.4, 0.5) is 10.5 Å². The van der Waals surface area contributed by atoms with Crippen molar-refractivity contribution < 1.29 is 14.7 Å². The van der Waals surface area contributed by atoms with Crippen molar-refractivity contribution in [3.05, 3.63) is 47.8 Å². The second kappa shape index (κ2) is 8.48. The number of aromatic amines is 1. The van der Waals surface area contributed by atoms with Crippen LogP contribution in [0, 0.1) is 0 Å². The number of H-pyrrole nitrogens is 1. The Morgan fingerprint density at radius 2 is 1.88 bits per heavy atom. The maximum atomic E-state index is 12.4. The number of nitrogens with zero attached hydrogens (tertiary/aromatic N) is 1. The van der Waals surface area contributed by atoms with E-state index in [-0.39, 0.29) is 23.7 Å². The summed E-state index contributed by atoms with van der Waals surface area (Å²) in [5.41, 5.74) is 1.45. The molecule has 1 fully saturated rings. The van der Waals surface area contributed by atoms with E-state index in [4.69, 9.17) is 0 Å². The molecule has 5 N–H and O–H groups in total. The van der Waals surface area contributed by atoms with E-state index >= 15 is 0 Å².